The molecule has 0 radical (unpaired) electrons. The summed E-state index contributed by atoms with van der Waals surface area (Å²) in [5, 5.41) is 3.54. The molecule has 0 rings (SSSR count). The van der Waals surface area contributed by atoms with Crippen LogP contribution < -0.4 is 5.32 Å². The topological polar surface area (TPSA) is 21.3 Å². The van der Waals surface area contributed by atoms with Gasteiger partial charge in [-0.3, -0.25) is 0 Å². The summed E-state index contributed by atoms with van der Waals surface area (Å²) >= 11 is 0. The van der Waals surface area contributed by atoms with E-state index in [0.717, 1.165) is 31.4 Å². The molecule has 2 nitrogen and oxygen atoms in total. The van der Waals surface area contributed by atoms with E-state index in [2.05, 4.69) is 39.6 Å². The maximum absolute atomic E-state index is 5.73. The molecule has 2 heteroatoms. The van der Waals surface area contributed by atoms with Crippen molar-refractivity contribution in [3.05, 3.63) is 12.2 Å². The zero-order chi connectivity index (χ0) is 11.9. The molecule has 0 spiro atoms. The summed E-state index contributed by atoms with van der Waals surface area (Å²) in [6, 6.07) is 0.262. The van der Waals surface area contributed by atoms with Gasteiger partial charge in [-0.25, -0.2) is 0 Å². The first-order valence-corrected chi connectivity index (χ1v) is 6.01. The van der Waals surface area contributed by atoms with E-state index in [4.69, 9.17) is 4.74 Å². The van der Waals surface area contributed by atoms with Gasteiger partial charge in [-0.05, 0) is 32.7 Å². The minimum atomic E-state index is -0.0962. The van der Waals surface area contributed by atoms with Crippen LogP contribution in [0.1, 0.15) is 47.0 Å². The third-order valence-electron chi connectivity index (χ3n) is 3.22. The van der Waals surface area contributed by atoms with Crippen LogP contribution in [0.4, 0.5) is 0 Å². The summed E-state index contributed by atoms with van der Waals surface area (Å²) in [6.45, 7) is 13.7. The molecule has 0 heterocycles. The van der Waals surface area contributed by atoms with Crippen LogP contribution in [0.15, 0.2) is 12.2 Å². The van der Waals surface area contributed by atoms with Gasteiger partial charge >= 0.3 is 0 Å². The lowest BCUT2D eigenvalue weighted by molar-refractivity contribution is -0.0377. The normalized spacial score (nSPS) is 13.9. The van der Waals surface area contributed by atoms with Crippen LogP contribution in [0.2, 0.25) is 0 Å². The minimum Gasteiger partial charge on any atom is -0.376 e. The second-order valence-corrected chi connectivity index (χ2v) is 4.21. The number of nitrogens with one attached hydrogen (secondary N) is 1. The third kappa shape index (κ3) is 3.62. The number of ether oxygens (including phenoxy) is 1. The molecule has 0 aromatic heterocycles. The predicted molar refractivity (Wildman–Crippen MR) is 67.2 cm³/mol. The van der Waals surface area contributed by atoms with Crippen LogP contribution in [-0.4, -0.2) is 25.3 Å². The van der Waals surface area contributed by atoms with Crippen LogP contribution in [0.5, 0.6) is 0 Å². The molecule has 15 heavy (non-hydrogen) atoms. The summed E-state index contributed by atoms with van der Waals surface area (Å²) in [6.07, 6.45) is 3.15. The highest BCUT2D eigenvalue weighted by Gasteiger charge is 2.35. The molecule has 1 atom stereocenters. The first-order chi connectivity index (χ1) is 7.07. The van der Waals surface area contributed by atoms with Gasteiger partial charge in [0, 0.05) is 7.11 Å². The third-order valence-corrected chi connectivity index (χ3v) is 3.22. The Morgan fingerprint density at radius 1 is 1.33 bits per heavy atom. The van der Waals surface area contributed by atoms with Crippen molar-refractivity contribution in [2.45, 2.75) is 58.6 Å². The summed E-state index contributed by atoms with van der Waals surface area (Å²) in [7, 11) is 1.80. The number of hydrogen-bond acceptors (Lipinski definition) is 2. The van der Waals surface area contributed by atoms with Crippen LogP contribution in [0.3, 0.4) is 0 Å². The second-order valence-electron chi connectivity index (χ2n) is 4.21. The van der Waals surface area contributed by atoms with Gasteiger partial charge in [0.1, 0.15) is 0 Å². The molecule has 0 aliphatic rings. The maximum atomic E-state index is 5.73. The van der Waals surface area contributed by atoms with Crippen LogP contribution in [0.25, 0.3) is 0 Å². The fourth-order valence-electron chi connectivity index (χ4n) is 2.16. The lowest BCUT2D eigenvalue weighted by Gasteiger charge is -2.39. The van der Waals surface area contributed by atoms with Gasteiger partial charge in [-0.2, -0.15) is 0 Å². The monoisotopic (exact) mass is 213 g/mol. The number of hydrogen-bond donors (Lipinski definition) is 1. The molecule has 1 unspecified atom stereocenters. The molecule has 0 bridgehead atoms. The number of methoxy groups -OCH3 is 1. The molecule has 0 fully saturated rings. The molecule has 0 aliphatic carbocycles. The summed E-state index contributed by atoms with van der Waals surface area (Å²) < 4.78 is 5.73. The number of rotatable bonds is 8. The molecule has 0 aromatic rings. The predicted octanol–water partition coefficient (Wildman–Crippen LogP) is 3.14. The Labute approximate surface area is 95.1 Å². The lowest BCUT2D eigenvalue weighted by Crippen LogP contribution is -2.52. The molecule has 0 amide bonds. The molecular weight excluding hydrogens is 186 g/mol. The van der Waals surface area contributed by atoms with Crippen LogP contribution in [-0.2, 0) is 4.74 Å². The van der Waals surface area contributed by atoms with Gasteiger partial charge in [0.25, 0.3) is 0 Å². The summed E-state index contributed by atoms with van der Waals surface area (Å²) in [5.74, 6) is 0. The Bertz CT molecular complexity index is 177. The molecule has 0 aromatic carbocycles. The van der Waals surface area contributed by atoms with Crippen molar-refractivity contribution in [2.24, 2.45) is 0 Å². The Hall–Kier alpha value is -0.340. The van der Waals surface area contributed by atoms with Gasteiger partial charge in [0.15, 0.2) is 0 Å². The van der Waals surface area contributed by atoms with Gasteiger partial charge in [0.05, 0.1) is 11.6 Å². The highest BCUT2D eigenvalue weighted by atomic mass is 16.5. The van der Waals surface area contributed by atoms with E-state index >= 15 is 0 Å². The van der Waals surface area contributed by atoms with Crippen molar-refractivity contribution in [3.8, 4) is 0 Å². The molecular formula is C13H27NO. The van der Waals surface area contributed by atoms with E-state index in [1.165, 1.54) is 0 Å². The Kier molecular flexibility index (Phi) is 6.86. The summed E-state index contributed by atoms with van der Waals surface area (Å²) in [4.78, 5) is 0. The summed E-state index contributed by atoms with van der Waals surface area (Å²) in [5.41, 5.74) is 1.06. The second kappa shape index (κ2) is 7.02. The van der Waals surface area contributed by atoms with Crippen LogP contribution in [0, 0.1) is 0 Å². The van der Waals surface area contributed by atoms with E-state index in [9.17, 15) is 0 Å². The lowest BCUT2D eigenvalue weighted by atomic mass is 9.84. The highest BCUT2D eigenvalue weighted by Crippen LogP contribution is 2.27. The first kappa shape index (κ1) is 14.7. The average molecular weight is 213 g/mol. The quantitative estimate of drug-likeness (QED) is 0.625. The van der Waals surface area contributed by atoms with Gasteiger partial charge in [0.2, 0.25) is 0 Å². The van der Waals surface area contributed by atoms with Crippen molar-refractivity contribution in [3.63, 3.8) is 0 Å². The van der Waals surface area contributed by atoms with Gasteiger partial charge in [-0.1, -0.05) is 32.9 Å². The van der Waals surface area contributed by atoms with E-state index < -0.39 is 0 Å². The first-order valence-electron chi connectivity index (χ1n) is 6.01. The van der Waals surface area contributed by atoms with Crippen molar-refractivity contribution in [1.82, 2.24) is 5.32 Å². The van der Waals surface area contributed by atoms with E-state index in [-0.39, 0.29) is 11.6 Å². The Morgan fingerprint density at radius 3 is 2.13 bits per heavy atom. The molecule has 0 saturated carbocycles. The Morgan fingerprint density at radius 2 is 1.87 bits per heavy atom. The van der Waals surface area contributed by atoms with E-state index in [1.807, 2.05) is 0 Å². The molecule has 0 saturated heterocycles. The zero-order valence-electron chi connectivity index (χ0n) is 11.0. The maximum Gasteiger partial charge on any atom is 0.0863 e. The van der Waals surface area contributed by atoms with Crippen molar-refractivity contribution >= 4 is 0 Å². The van der Waals surface area contributed by atoms with Crippen molar-refractivity contribution in [1.29, 1.82) is 0 Å². The highest BCUT2D eigenvalue weighted by molar-refractivity contribution is 5.11. The average Bonchev–Trinajstić information content (AvgIpc) is 2.24. The van der Waals surface area contributed by atoms with E-state index in [0.29, 0.717) is 0 Å². The fourth-order valence-corrected chi connectivity index (χ4v) is 2.16. The van der Waals surface area contributed by atoms with Crippen LogP contribution >= 0.6 is 0 Å². The fraction of sp³-hybridized carbons (Fsp3) is 0.846. The molecule has 90 valence electrons. The van der Waals surface area contributed by atoms with Gasteiger partial charge in [-0.15, -0.1) is 0 Å². The standard InChI is InChI=1S/C13H27NO/c1-7-10-14-12(11(4)5)13(8-2,9-3)15-6/h12,14H,4,7-10H2,1-3,5-6H3. The smallest absolute Gasteiger partial charge is 0.0863 e. The molecule has 1 N–H and O–H groups in total. The van der Waals surface area contributed by atoms with Crippen molar-refractivity contribution in [2.75, 3.05) is 13.7 Å². The van der Waals surface area contributed by atoms with Crippen molar-refractivity contribution < 1.29 is 4.74 Å². The SMILES string of the molecule is C=C(C)C(NCCC)C(CC)(CC)OC. The largest absolute Gasteiger partial charge is 0.376 e. The minimum absolute atomic E-state index is 0.0962. The Balaban J connectivity index is 4.74. The van der Waals surface area contributed by atoms with Gasteiger partial charge < -0.3 is 10.1 Å². The molecule has 0 aliphatic heterocycles. The van der Waals surface area contributed by atoms with E-state index in [1.54, 1.807) is 7.11 Å². The zero-order valence-corrected chi connectivity index (χ0v) is 11.0.